The molecule has 2 amide bonds. The molecule has 2 fully saturated rings. The largest absolute Gasteiger partial charge is 0.368 e. The summed E-state index contributed by atoms with van der Waals surface area (Å²) in [4.78, 5) is 26.1. The molecule has 0 aromatic carbocycles. The van der Waals surface area contributed by atoms with E-state index in [2.05, 4.69) is 10.6 Å². The van der Waals surface area contributed by atoms with Crippen LogP contribution < -0.4 is 10.6 Å². The summed E-state index contributed by atoms with van der Waals surface area (Å²) in [5.41, 5.74) is 1.85. The van der Waals surface area contributed by atoms with Gasteiger partial charge in [0.1, 0.15) is 11.1 Å². The molecular weight excluding hydrogens is 300 g/mol. The molecule has 0 radical (unpaired) electrons. The topological polar surface area (TPSA) is 67.4 Å². The maximum Gasteiger partial charge on any atom is 0.254 e. The van der Waals surface area contributed by atoms with Crippen LogP contribution >= 0.6 is 11.3 Å². The molecule has 2 aliphatic carbocycles. The van der Waals surface area contributed by atoms with Gasteiger partial charge in [0.05, 0.1) is 5.56 Å². The second-order valence-corrected chi connectivity index (χ2v) is 7.41. The van der Waals surface area contributed by atoms with Crippen molar-refractivity contribution in [2.24, 2.45) is 0 Å². The van der Waals surface area contributed by atoms with Crippen LogP contribution in [0.4, 0.5) is 5.00 Å². The van der Waals surface area contributed by atoms with Crippen molar-refractivity contribution in [2.75, 3.05) is 11.9 Å². The quantitative estimate of drug-likeness (QED) is 0.894. The first-order chi connectivity index (χ1) is 10.7. The predicted molar refractivity (Wildman–Crippen MR) is 84.4 cm³/mol. The first kappa shape index (κ1) is 14.2. The molecule has 1 aromatic heterocycles. The smallest absolute Gasteiger partial charge is 0.254 e. The molecule has 0 bridgehead atoms. The summed E-state index contributed by atoms with van der Waals surface area (Å²) < 4.78 is 5.43. The Morgan fingerprint density at radius 3 is 2.73 bits per heavy atom. The van der Waals surface area contributed by atoms with Gasteiger partial charge in [0.15, 0.2) is 0 Å². The number of thiophene rings is 1. The Hall–Kier alpha value is -1.40. The molecule has 1 atom stereocenters. The van der Waals surface area contributed by atoms with Gasteiger partial charge < -0.3 is 15.4 Å². The van der Waals surface area contributed by atoms with E-state index in [-0.39, 0.29) is 17.9 Å². The lowest BCUT2D eigenvalue weighted by Gasteiger charge is -2.12. The van der Waals surface area contributed by atoms with Gasteiger partial charge in [0.25, 0.3) is 11.8 Å². The number of anilines is 1. The molecule has 1 aliphatic heterocycles. The van der Waals surface area contributed by atoms with E-state index < -0.39 is 0 Å². The zero-order chi connectivity index (χ0) is 15.1. The lowest BCUT2D eigenvalue weighted by Crippen LogP contribution is -2.30. The van der Waals surface area contributed by atoms with Gasteiger partial charge in [0, 0.05) is 17.5 Å². The van der Waals surface area contributed by atoms with Gasteiger partial charge in [-0.05, 0) is 50.5 Å². The molecule has 4 rings (SSSR count). The van der Waals surface area contributed by atoms with Gasteiger partial charge in [-0.25, -0.2) is 0 Å². The van der Waals surface area contributed by atoms with Crippen molar-refractivity contribution in [1.82, 2.24) is 5.32 Å². The number of hydrogen-bond donors (Lipinski definition) is 2. The second-order valence-electron chi connectivity index (χ2n) is 6.30. The number of amides is 2. The summed E-state index contributed by atoms with van der Waals surface area (Å²) in [6, 6.07) is 0.325. The SMILES string of the molecule is O=C(NC1CC1)c1c(NC(=O)C2CCCO2)sc2c1CCC2. The summed E-state index contributed by atoms with van der Waals surface area (Å²) in [5, 5.41) is 6.72. The van der Waals surface area contributed by atoms with Crippen molar-refractivity contribution in [3.63, 3.8) is 0 Å². The molecule has 22 heavy (non-hydrogen) atoms. The zero-order valence-electron chi connectivity index (χ0n) is 12.4. The molecule has 1 saturated carbocycles. The molecule has 5 nitrogen and oxygen atoms in total. The van der Waals surface area contributed by atoms with Crippen LogP contribution in [0.3, 0.4) is 0 Å². The van der Waals surface area contributed by atoms with Gasteiger partial charge in [-0.15, -0.1) is 11.3 Å². The van der Waals surface area contributed by atoms with Crippen LogP contribution in [0.15, 0.2) is 0 Å². The molecule has 118 valence electrons. The van der Waals surface area contributed by atoms with Crippen molar-refractivity contribution in [3.05, 3.63) is 16.0 Å². The normalized spacial score (nSPS) is 23.4. The van der Waals surface area contributed by atoms with Gasteiger partial charge in [-0.1, -0.05) is 0 Å². The monoisotopic (exact) mass is 320 g/mol. The third kappa shape index (κ3) is 2.65. The van der Waals surface area contributed by atoms with E-state index in [1.807, 2.05) is 0 Å². The molecule has 2 heterocycles. The number of carbonyl (C=O) groups is 2. The van der Waals surface area contributed by atoms with Crippen molar-refractivity contribution < 1.29 is 14.3 Å². The summed E-state index contributed by atoms with van der Waals surface area (Å²) in [7, 11) is 0. The number of fused-ring (bicyclic) bond motifs is 1. The van der Waals surface area contributed by atoms with Crippen molar-refractivity contribution in [3.8, 4) is 0 Å². The lowest BCUT2D eigenvalue weighted by molar-refractivity contribution is -0.124. The van der Waals surface area contributed by atoms with E-state index in [0.29, 0.717) is 23.2 Å². The number of rotatable bonds is 4. The molecule has 1 saturated heterocycles. The van der Waals surface area contributed by atoms with Gasteiger partial charge >= 0.3 is 0 Å². The Labute approximate surface area is 133 Å². The number of carbonyl (C=O) groups excluding carboxylic acids is 2. The molecule has 1 aromatic rings. The Morgan fingerprint density at radius 2 is 2.00 bits per heavy atom. The minimum atomic E-state index is -0.365. The summed E-state index contributed by atoms with van der Waals surface area (Å²) in [5.74, 6) is -0.137. The van der Waals surface area contributed by atoms with Gasteiger partial charge in [-0.2, -0.15) is 0 Å². The highest BCUT2D eigenvalue weighted by Gasteiger charge is 2.32. The number of aryl methyl sites for hydroxylation is 1. The van der Waals surface area contributed by atoms with E-state index in [9.17, 15) is 9.59 Å². The van der Waals surface area contributed by atoms with Crippen molar-refractivity contribution in [2.45, 2.75) is 57.1 Å². The fourth-order valence-electron chi connectivity index (χ4n) is 3.19. The lowest BCUT2D eigenvalue weighted by atomic mass is 10.1. The fourth-order valence-corrected chi connectivity index (χ4v) is 4.48. The van der Waals surface area contributed by atoms with Crippen LogP contribution in [-0.2, 0) is 22.4 Å². The summed E-state index contributed by atoms with van der Waals surface area (Å²) >= 11 is 1.56. The summed E-state index contributed by atoms with van der Waals surface area (Å²) in [6.07, 6.45) is 6.51. The van der Waals surface area contributed by atoms with E-state index in [1.165, 1.54) is 4.88 Å². The highest BCUT2D eigenvalue weighted by Crippen LogP contribution is 2.39. The third-order valence-electron chi connectivity index (χ3n) is 4.52. The Morgan fingerprint density at radius 1 is 1.14 bits per heavy atom. The van der Waals surface area contributed by atoms with Crippen LogP contribution in [0.5, 0.6) is 0 Å². The average Bonchev–Trinajstić information content (AvgIpc) is 2.94. The van der Waals surface area contributed by atoms with Crippen LogP contribution in [0.1, 0.15) is 52.9 Å². The van der Waals surface area contributed by atoms with Crippen LogP contribution in [0.25, 0.3) is 0 Å². The highest BCUT2D eigenvalue weighted by molar-refractivity contribution is 7.17. The zero-order valence-corrected chi connectivity index (χ0v) is 13.3. The van der Waals surface area contributed by atoms with E-state index >= 15 is 0 Å². The molecule has 3 aliphatic rings. The van der Waals surface area contributed by atoms with Crippen LogP contribution in [-0.4, -0.2) is 30.6 Å². The van der Waals surface area contributed by atoms with E-state index in [4.69, 9.17) is 4.74 Å². The molecule has 2 N–H and O–H groups in total. The van der Waals surface area contributed by atoms with Crippen molar-refractivity contribution >= 4 is 28.2 Å². The second kappa shape index (κ2) is 5.66. The van der Waals surface area contributed by atoms with Gasteiger partial charge in [0.2, 0.25) is 0 Å². The van der Waals surface area contributed by atoms with Crippen molar-refractivity contribution in [1.29, 1.82) is 0 Å². The number of nitrogens with one attached hydrogen (secondary N) is 2. The fraction of sp³-hybridized carbons (Fsp3) is 0.625. The molecule has 1 unspecified atom stereocenters. The number of ether oxygens (including phenoxy) is 1. The molecule has 6 heteroatoms. The van der Waals surface area contributed by atoms with E-state index in [0.717, 1.165) is 50.5 Å². The highest BCUT2D eigenvalue weighted by atomic mass is 32.1. The predicted octanol–water partition coefficient (Wildman–Crippen LogP) is 2.25. The maximum atomic E-state index is 12.6. The first-order valence-corrected chi connectivity index (χ1v) is 8.92. The standard InChI is InChI=1S/C16H20N2O3S/c19-14(11-4-2-8-21-11)18-16-13(15(20)17-9-6-7-9)10-3-1-5-12(10)22-16/h9,11H,1-8H2,(H,17,20)(H,18,19). The van der Waals surface area contributed by atoms with Crippen LogP contribution in [0, 0.1) is 0 Å². The molecular formula is C16H20N2O3S. The number of hydrogen-bond acceptors (Lipinski definition) is 4. The Bertz CT molecular complexity index is 615. The maximum absolute atomic E-state index is 12.6. The third-order valence-corrected chi connectivity index (χ3v) is 5.73. The molecule has 0 spiro atoms. The minimum Gasteiger partial charge on any atom is -0.368 e. The minimum absolute atomic E-state index is 0.0236. The average molecular weight is 320 g/mol. The van der Waals surface area contributed by atoms with Crippen LogP contribution in [0.2, 0.25) is 0 Å². The van der Waals surface area contributed by atoms with E-state index in [1.54, 1.807) is 11.3 Å². The Balaban J connectivity index is 1.57. The van der Waals surface area contributed by atoms with Gasteiger partial charge in [-0.3, -0.25) is 9.59 Å². The Kier molecular flexibility index (Phi) is 3.66. The first-order valence-electron chi connectivity index (χ1n) is 8.10. The summed E-state index contributed by atoms with van der Waals surface area (Å²) in [6.45, 7) is 0.647.